The zero-order chi connectivity index (χ0) is 18.6. The Morgan fingerprint density at radius 3 is 2.33 bits per heavy atom. The van der Waals surface area contributed by atoms with Crippen molar-refractivity contribution in [3.8, 4) is 17.0 Å². The van der Waals surface area contributed by atoms with Gasteiger partial charge >= 0.3 is 0 Å². The van der Waals surface area contributed by atoms with Crippen LogP contribution in [0.5, 0.6) is 5.75 Å². The van der Waals surface area contributed by atoms with Crippen molar-refractivity contribution >= 4 is 11.8 Å². The summed E-state index contributed by atoms with van der Waals surface area (Å²) in [5.74, 6) is 2.54. The molecule has 3 heterocycles. The van der Waals surface area contributed by atoms with Gasteiger partial charge < -0.3 is 14.5 Å². The van der Waals surface area contributed by atoms with Crippen molar-refractivity contribution < 1.29 is 4.74 Å². The van der Waals surface area contributed by atoms with Crippen molar-refractivity contribution in [1.29, 1.82) is 0 Å². The molecule has 27 heavy (non-hydrogen) atoms. The molecular weight excluding hydrogens is 340 g/mol. The van der Waals surface area contributed by atoms with Crippen molar-refractivity contribution in [2.24, 2.45) is 0 Å². The SMILES string of the molecule is COc1cccc(-c2cc(C)c(N3CCN(c4ncccn4)CC3)nn2)c1. The van der Waals surface area contributed by atoms with Crippen molar-refractivity contribution in [3.05, 3.63) is 54.4 Å². The van der Waals surface area contributed by atoms with Gasteiger partial charge in [-0.3, -0.25) is 0 Å². The normalized spacial score (nSPS) is 14.3. The van der Waals surface area contributed by atoms with E-state index in [2.05, 4.69) is 43.0 Å². The minimum atomic E-state index is 0.785. The highest BCUT2D eigenvalue weighted by molar-refractivity contribution is 5.63. The number of hydrogen-bond donors (Lipinski definition) is 0. The zero-order valence-electron chi connectivity index (χ0n) is 15.5. The summed E-state index contributed by atoms with van der Waals surface area (Å²) in [4.78, 5) is 13.1. The van der Waals surface area contributed by atoms with Gasteiger partial charge in [0.25, 0.3) is 0 Å². The van der Waals surface area contributed by atoms with Crippen LogP contribution in [0.25, 0.3) is 11.3 Å². The Bertz CT molecular complexity index is 909. The lowest BCUT2D eigenvalue weighted by Crippen LogP contribution is -2.47. The van der Waals surface area contributed by atoms with E-state index < -0.39 is 0 Å². The van der Waals surface area contributed by atoms with Crippen molar-refractivity contribution in [2.75, 3.05) is 43.1 Å². The summed E-state index contributed by atoms with van der Waals surface area (Å²) in [5, 5.41) is 8.97. The largest absolute Gasteiger partial charge is 0.497 e. The van der Waals surface area contributed by atoms with Crippen molar-refractivity contribution in [1.82, 2.24) is 20.2 Å². The van der Waals surface area contributed by atoms with Crippen molar-refractivity contribution in [2.45, 2.75) is 6.92 Å². The minimum absolute atomic E-state index is 0.785. The van der Waals surface area contributed by atoms with Gasteiger partial charge in [-0.1, -0.05) is 12.1 Å². The van der Waals surface area contributed by atoms with E-state index in [1.807, 2.05) is 30.3 Å². The summed E-state index contributed by atoms with van der Waals surface area (Å²) in [6.07, 6.45) is 3.56. The Labute approximate surface area is 158 Å². The second-order valence-electron chi connectivity index (χ2n) is 6.49. The second kappa shape index (κ2) is 7.57. The molecule has 1 fully saturated rings. The number of ether oxygens (including phenoxy) is 1. The number of piperazine rings is 1. The van der Waals surface area contributed by atoms with Crippen LogP contribution in [-0.4, -0.2) is 53.5 Å². The third-order valence-electron chi connectivity index (χ3n) is 4.74. The monoisotopic (exact) mass is 362 g/mol. The predicted molar refractivity (Wildman–Crippen MR) is 105 cm³/mol. The number of anilines is 2. The van der Waals surface area contributed by atoms with Gasteiger partial charge in [0.1, 0.15) is 5.75 Å². The van der Waals surface area contributed by atoms with Crippen LogP contribution >= 0.6 is 0 Å². The molecular formula is C20H22N6O. The van der Waals surface area contributed by atoms with Gasteiger partial charge in [-0.2, -0.15) is 0 Å². The van der Waals surface area contributed by atoms with Crippen LogP contribution in [0.2, 0.25) is 0 Å². The first-order valence-electron chi connectivity index (χ1n) is 9.00. The summed E-state index contributed by atoms with van der Waals surface area (Å²) in [7, 11) is 1.67. The molecule has 7 nitrogen and oxygen atoms in total. The third-order valence-corrected chi connectivity index (χ3v) is 4.74. The summed E-state index contributed by atoms with van der Waals surface area (Å²) < 4.78 is 5.30. The number of hydrogen-bond acceptors (Lipinski definition) is 7. The molecule has 1 aliphatic heterocycles. The lowest BCUT2D eigenvalue weighted by atomic mass is 10.1. The first-order valence-corrected chi connectivity index (χ1v) is 9.00. The number of nitrogens with zero attached hydrogens (tertiary/aromatic N) is 6. The van der Waals surface area contributed by atoms with E-state index in [1.165, 1.54) is 0 Å². The number of methoxy groups -OCH3 is 1. The highest BCUT2D eigenvalue weighted by atomic mass is 16.5. The van der Waals surface area contributed by atoms with E-state index in [1.54, 1.807) is 19.5 Å². The maximum atomic E-state index is 5.30. The molecule has 1 aromatic carbocycles. The Morgan fingerprint density at radius 1 is 0.889 bits per heavy atom. The molecule has 7 heteroatoms. The van der Waals surface area contributed by atoms with Crippen LogP contribution in [0.15, 0.2) is 48.8 Å². The van der Waals surface area contributed by atoms with Crippen LogP contribution in [0, 0.1) is 6.92 Å². The molecule has 0 bridgehead atoms. The van der Waals surface area contributed by atoms with Gasteiger partial charge in [-0.15, -0.1) is 10.2 Å². The average Bonchev–Trinajstić information content (AvgIpc) is 2.74. The lowest BCUT2D eigenvalue weighted by Gasteiger charge is -2.35. The van der Waals surface area contributed by atoms with Crippen LogP contribution in [0.1, 0.15) is 5.56 Å². The first-order chi connectivity index (χ1) is 13.2. The molecule has 0 unspecified atom stereocenters. The molecule has 4 rings (SSSR count). The fraction of sp³-hybridized carbons (Fsp3) is 0.300. The van der Waals surface area contributed by atoms with E-state index in [-0.39, 0.29) is 0 Å². The fourth-order valence-electron chi connectivity index (χ4n) is 3.29. The van der Waals surface area contributed by atoms with Crippen LogP contribution in [-0.2, 0) is 0 Å². The van der Waals surface area contributed by atoms with Crippen LogP contribution in [0.4, 0.5) is 11.8 Å². The standard InChI is InChI=1S/C20H22N6O/c1-15-13-18(16-5-3-6-17(14-16)27-2)23-24-19(15)25-9-11-26(12-10-25)20-21-7-4-8-22-20/h3-8,13-14H,9-12H2,1-2H3. The van der Waals surface area contributed by atoms with Gasteiger partial charge in [0.15, 0.2) is 5.82 Å². The molecule has 1 aliphatic rings. The molecule has 3 aromatic rings. The van der Waals surface area contributed by atoms with E-state index in [9.17, 15) is 0 Å². The Kier molecular flexibility index (Phi) is 4.82. The third kappa shape index (κ3) is 3.67. The predicted octanol–water partition coefficient (Wildman–Crippen LogP) is 2.58. The molecule has 2 aromatic heterocycles. The average molecular weight is 362 g/mol. The second-order valence-corrected chi connectivity index (χ2v) is 6.49. The van der Waals surface area contributed by atoms with E-state index in [0.717, 1.165) is 60.5 Å². The lowest BCUT2D eigenvalue weighted by molar-refractivity contribution is 0.415. The minimum Gasteiger partial charge on any atom is -0.497 e. The van der Waals surface area contributed by atoms with Crippen molar-refractivity contribution in [3.63, 3.8) is 0 Å². The highest BCUT2D eigenvalue weighted by Gasteiger charge is 2.21. The van der Waals surface area contributed by atoms with Crippen LogP contribution < -0.4 is 14.5 Å². The highest BCUT2D eigenvalue weighted by Crippen LogP contribution is 2.26. The van der Waals surface area contributed by atoms with E-state index in [0.29, 0.717) is 0 Å². The molecule has 0 N–H and O–H groups in total. The summed E-state index contributed by atoms with van der Waals surface area (Å²) in [6.45, 7) is 5.55. The van der Waals surface area contributed by atoms with E-state index >= 15 is 0 Å². The zero-order valence-corrected chi connectivity index (χ0v) is 15.5. The van der Waals surface area contributed by atoms with Gasteiger partial charge in [0.2, 0.25) is 5.95 Å². The Balaban J connectivity index is 1.49. The Hall–Kier alpha value is -3.22. The quantitative estimate of drug-likeness (QED) is 0.706. The molecule has 0 saturated carbocycles. The molecule has 0 spiro atoms. The smallest absolute Gasteiger partial charge is 0.225 e. The van der Waals surface area contributed by atoms with Crippen LogP contribution in [0.3, 0.4) is 0 Å². The summed E-state index contributed by atoms with van der Waals surface area (Å²) >= 11 is 0. The molecule has 0 amide bonds. The summed E-state index contributed by atoms with van der Waals surface area (Å²) in [6, 6.07) is 11.8. The molecule has 0 aliphatic carbocycles. The topological polar surface area (TPSA) is 67.3 Å². The molecule has 0 atom stereocenters. The first kappa shape index (κ1) is 17.2. The molecule has 1 saturated heterocycles. The van der Waals surface area contributed by atoms with Gasteiger partial charge in [0, 0.05) is 44.1 Å². The van der Waals surface area contributed by atoms with Gasteiger partial charge in [0.05, 0.1) is 12.8 Å². The number of aromatic nitrogens is 4. The van der Waals surface area contributed by atoms with E-state index in [4.69, 9.17) is 4.74 Å². The number of benzene rings is 1. The van der Waals surface area contributed by atoms with Gasteiger partial charge in [-0.25, -0.2) is 9.97 Å². The fourth-order valence-corrected chi connectivity index (χ4v) is 3.29. The van der Waals surface area contributed by atoms with Gasteiger partial charge in [-0.05, 0) is 36.8 Å². The number of rotatable bonds is 4. The maximum absolute atomic E-state index is 5.30. The molecule has 0 radical (unpaired) electrons. The maximum Gasteiger partial charge on any atom is 0.225 e. The molecule has 138 valence electrons. The summed E-state index contributed by atoms with van der Waals surface area (Å²) in [5.41, 5.74) is 2.97. The number of aryl methyl sites for hydroxylation is 1. The Morgan fingerprint density at radius 2 is 1.63 bits per heavy atom.